The monoisotopic (exact) mass is 381 g/mol. The van der Waals surface area contributed by atoms with Crippen molar-refractivity contribution in [1.82, 2.24) is 5.32 Å². The lowest BCUT2D eigenvalue weighted by atomic mass is 10.0. The summed E-state index contributed by atoms with van der Waals surface area (Å²) in [6.07, 6.45) is 0.722. The number of benzene rings is 2. The third-order valence-corrected chi connectivity index (χ3v) is 5.59. The summed E-state index contributed by atoms with van der Waals surface area (Å²) in [6, 6.07) is 17.5. The van der Waals surface area contributed by atoms with E-state index in [9.17, 15) is 4.79 Å². The standard InChI is InChI=1S/C22H23NO3S/c1-15-12-13-27-21(15)18(14-16-8-5-4-6-9-16)23-22(24)17-10-7-11-19(25-2)20(17)26-3/h4-13,18H,14H2,1-3H3,(H,23,24). The van der Waals surface area contributed by atoms with Crippen molar-refractivity contribution in [2.75, 3.05) is 14.2 Å². The summed E-state index contributed by atoms with van der Waals surface area (Å²) < 4.78 is 10.7. The van der Waals surface area contributed by atoms with Crippen LogP contribution in [0.15, 0.2) is 60.0 Å². The van der Waals surface area contributed by atoms with Crippen molar-refractivity contribution in [3.8, 4) is 11.5 Å². The van der Waals surface area contributed by atoms with Gasteiger partial charge in [0.25, 0.3) is 5.91 Å². The molecule has 2 aromatic carbocycles. The van der Waals surface area contributed by atoms with Crippen LogP contribution in [0, 0.1) is 6.92 Å². The van der Waals surface area contributed by atoms with Crippen LogP contribution in [0.2, 0.25) is 0 Å². The number of methoxy groups -OCH3 is 2. The first-order chi connectivity index (χ1) is 13.1. The summed E-state index contributed by atoms with van der Waals surface area (Å²) >= 11 is 1.66. The van der Waals surface area contributed by atoms with Crippen LogP contribution >= 0.6 is 11.3 Å². The molecular weight excluding hydrogens is 358 g/mol. The molecule has 140 valence electrons. The lowest BCUT2D eigenvalue weighted by Gasteiger charge is -2.20. The Hall–Kier alpha value is -2.79. The van der Waals surface area contributed by atoms with E-state index in [0.717, 1.165) is 11.3 Å². The molecule has 1 amide bonds. The predicted molar refractivity (Wildman–Crippen MR) is 109 cm³/mol. The number of carbonyl (C=O) groups is 1. The van der Waals surface area contributed by atoms with E-state index in [-0.39, 0.29) is 11.9 Å². The molecular formula is C22H23NO3S. The molecule has 1 heterocycles. The van der Waals surface area contributed by atoms with Crippen LogP contribution in [0.1, 0.15) is 32.4 Å². The van der Waals surface area contributed by atoms with Gasteiger partial charge in [-0.2, -0.15) is 0 Å². The van der Waals surface area contributed by atoms with Crippen molar-refractivity contribution in [3.63, 3.8) is 0 Å². The third kappa shape index (κ3) is 4.31. The number of aryl methyl sites for hydroxylation is 1. The molecule has 1 N–H and O–H groups in total. The van der Waals surface area contributed by atoms with Crippen molar-refractivity contribution in [2.24, 2.45) is 0 Å². The second-order valence-electron chi connectivity index (χ2n) is 6.22. The highest BCUT2D eigenvalue weighted by molar-refractivity contribution is 7.10. The molecule has 0 fully saturated rings. The number of hydrogen-bond acceptors (Lipinski definition) is 4. The number of nitrogens with one attached hydrogen (secondary N) is 1. The quantitative estimate of drug-likeness (QED) is 0.640. The Morgan fingerprint density at radius 2 is 1.81 bits per heavy atom. The Balaban J connectivity index is 1.90. The molecule has 1 aromatic heterocycles. The van der Waals surface area contributed by atoms with Crippen molar-refractivity contribution >= 4 is 17.2 Å². The first-order valence-electron chi connectivity index (χ1n) is 8.73. The topological polar surface area (TPSA) is 47.6 Å². The minimum Gasteiger partial charge on any atom is -0.493 e. The first kappa shape index (κ1) is 19.0. The average molecular weight is 381 g/mol. The van der Waals surface area contributed by atoms with Crippen LogP contribution in [0.3, 0.4) is 0 Å². The molecule has 0 aliphatic heterocycles. The van der Waals surface area contributed by atoms with Gasteiger partial charge >= 0.3 is 0 Å². The van der Waals surface area contributed by atoms with Gasteiger partial charge in [0.15, 0.2) is 11.5 Å². The lowest BCUT2D eigenvalue weighted by molar-refractivity contribution is 0.0933. The highest BCUT2D eigenvalue weighted by Crippen LogP contribution is 2.32. The molecule has 0 aliphatic carbocycles. The maximum absolute atomic E-state index is 13.1. The van der Waals surface area contributed by atoms with Gasteiger partial charge in [0.2, 0.25) is 0 Å². The van der Waals surface area contributed by atoms with Crippen molar-refractivity contribution < 1.29 is 14.3 Å². The van der Waals surface area contributed by atoms with Gasteiger partial charge in [0, 0.05) is 4.88 Å². The Morgan fingerprint density at radius 1 is 1.04 bits per heavy atom. The molecule has 0 saturated heterocycles. The van der Waals surface area contributed by atoms with Gasteiger partial charge in [-0.1, -0.05) is 36.4 Å². The molecule has 1 atom stereocenters. The molecule has 0 radical (unpaired) electrons. The second-order valence-corrected chi connectivity index (χ2v) is 7.17. The molecule has 27 heavy (non-hydrogen) atoms. The smallest absolute Gasteiger partial charge is 0.255 e. The molecule has 0 spiro atoms. The molecule has 4 nitrogen and oxygen atoms in total. The number of para-hydroxylation sites is 1. The van der Waals surface area contributed by atoms with E-state index < -0.39 is 0 Å². The van der Waals surface area contributed by atoms with Crippen molar-refractivity contribution in [1.29, 1.82) is 0 Å². The number of carbonyl (C=O) groups excluding carboxylic acids is 1. The van der Waals surface area contributed by atoms with Gasteiger partial charge in [-0.25, -0.2) is 0 Å². The zero-order valence-corrected chi connectivity index (χ0v) is 16.5. The summed E-state index contributed by atoms with van der Waals surface area (Å²) in [6.45, 7) is 2.07. The highest BCUT2D eigenvalue weighted by Gasteiger charge is 2.22. The van der Waals surface area contributed by atoms with Crippen LogP contribution < -0.4 is 14.8 Å². The maximum Gasteiger partial charge on any atom is 0.255 e. The number of rotatable bonds is 7. The van der Waals surface area contributed by atoms with E-state index in [0.29, 0.717) is 17.1 Å². The van der Waals surface area contributed by atoms with Gasteiger partial charge in [-0.05, 0) is 48.1 Å². The molecule has 0 bridgehead atoms. The summed E-state index contributed by atoms with van der Waals surface area (Å²) in [5, 5.41) is 5.24. The molecule has 3 rings (SSSR count). The van der Waals surface area contributed by atoms with Crippen molar-refractivity contribution in [3.05, 3.63) is 81.5 Å². The van der Waals surface area contributed by atoms with E-state index in [1.165, 1.54) is 11.1 Å². The molecule has 0 aliphatic rings. The zero-order valence-electron chi connectivity index (χ0n) is 15.7. The maximum atomic E-state index is 13.1. The van der Waals surface area contributed by atoms with E-state index in [2.05, 4.69) is 35.8 Å². The Bertz CT molecular complexity index is 905. The number of ether oxygens (including phenoxy) is 2. The highest BCUT2D eigenvalue weighted by atomic mass is 32.1. The van der Waals surface area contributed by atoms with E-state index in [4.69, 9.17) is 9.47 Å². The first-order valence-corrected chi connectivity index (χ1v) is 9.61. The summed E-state index contributed by atoms with van der Waals surface area (Å²) in [5.41, 5.74) is 2.82. The van der Waals surface area contributed by atoms with Gasteiger partial charge in [-0.15, -0.1) is 11.3 Å². The summed E-state index contributed by atoms with van der Waals surface area (Å²) in [7, 11) is 3.10. The Morgan fingerprint density at radius 3 is 2.44 bits per heavy atom. The lowest BCUT2D eigenvalue weighted by Crippen LogP contribution is -2.30. The van der Waals surface area contributed by atoms with E-state index in [1.807, 2.05) is 18.2 Å². The van der Waals surface area contributed by atoms with Gasteiger partial charge in [0.1, 0.15) is 0 Å². The van der Waals surface area contributed by atoms with Gasteiger partial charge in [0.05, 0.1) is 25.8 Å². The molecule has 5 heteroatoms. The number of amides is 1. The normalized spacial score (nSPS) is 11.7. The summed E-state index contributed by atoms with van der Waals surface area (Å²) in [4.78, 5) is 14.2. The number of thiophene rings is 1. The number of hydrogen-bond donors (Lipinski definition) is 1. The van der Waals surface area contributed by atoms with Gasteiger partial charge in [-0.3, -0.25) is 4.79 Å². The molecule has 0 saturated carbocycles. The van der Waals surface area contributed by atoms with E-state index >= 15 is 0 Å². The largest absolute Gasteiger partial charge is 0.493 e. The molecule has 1 unspecified atom stereocenters. The van der Waals surface area contributed by atoms with Crippen molar-refractivity contribution in [2.45, 2.75) is 19.4 Å². The average Bonchev–Trinajstić information content (AvgIpc) is 3.13. The fraction of sp³-hybridized carbons (Fsp3) is 0.227. The predicted octanol–water partition coefficient (Wildman–Crippen LogP) is 4.79. The minimum atomic E-state index is -0.181. The SMILES string of the molecule is COc1cccc(C(=O)NC(Cc2ccccc2)c2sccc2C)c1OC. The second kappa shape index (κ2) is 8.73. The van der Waals surface area contributed by atoms with E-state index in [1.54, 1.807) is 43.8 Å². The van der Waals surface area contributed by atoms with Crippen LogP contribution in [-0.4, -0.2) is 20.1 Å². The van der Waals surface area contributed by atoms with Crippen LogP contribution in [0.25, 0.3) is 0 Å². The fourth-order valence-corrected chi connectivity index (χ4v) is 4.08. The van der Waals surface area contributed by atoms with Crippen LogP contribution in [0.4, 0.5) is 0 Å². The van der Waals surface area contributed by atoms with Crippen LogP contribution in [-0.2, 0) is 6.42 Å². The van der Waals surface area contributed by atoms with Crippen LogP contribution in [0.5, 0.6) is 11.5 Å². The Labute approximate surface area is 163 Å². The summed E-state index contributed by atoms with van der Waals surface area (Å²) in [5.74, 6) is 0.801. The molecule has 3 aromatic rings. The fourth-order valence-electron chi connectivity index (χ4n) is 3.10. The third-order valence-electron chi connectivity index (χ3n) is 4.45. The zero-order chi connectivity index (χ0) is 19.2. The van der Waals surface area contributed by atoms with Gasteiger partial charge < -0.3 is 14.8 Å². The Kier molecular flexibility index (Phi) is 6.14. The minimum absolute atomic E-state index is 0.115.